The molecule has 12 atom stereocenters. The number of allylic oxidation sites excluding steroid dienone is 9. The highest BCUT2D eigenvalue weighted by atomic mass is 16.7. The molecule has 14 heteroatoms. The average Bonchev–Trinajstić information content (AvgIpc) is 3.36. The van der Waals surface area contributed by atoms with Crippen molar-refractivity contribution in [3.05, 3.63) is 60.8 Å². The van der Waals surface area contributed by atoms with Crippen molar-refractivity contribution in [1.82, 2.24) is 5.32 Å². The van der Waals surface area contributed by atoms with Gasteiger partial charge in [-0.25, -0.2) is 0 Å². The number of aliphatic hydroxyl groups is 8. The first-order valence-electron chi connectivity index (χ1n) is 27.5. The van der Waals surface area contributed by atoms with Crippen molar-refractivity contribution in [2.75, 3.05) is 19.8 Å². The number of rotatable bonds is 42. The van der Waals surface area contributed by atoms with Gasteiger partial charge in [-0.1, -0.05) is 190 Å². The smallest absolute Gasteiger partial charge is 0.220 e. The molecule has 0 radical (unpaired) electrons. The zero-order chi connectivity index (χ0) is 51.0. The Balaban J connectivity index is 1.83. The average molecular weight is 994 g/mol. The molecular formula is C56H99NO13. The first kappa shape index (κ1) is 63.8. The second-order valence-electron chi connectivity index (χ2n) is 19.3. The number of aliphatic hydroxyl groups excluding tert-OH is 8. The van der Waals surface area contributed by atoms with E-state index in [1.54, 1.807) is 6.08 Å². The fourth-order valence-electron chi connectivity index (χ4n) is 8.75. The minimum absolute atomic E-state index is 0.251. The number of hydrogen-bond acceptors (Lipinski definition) is 13. The highest BCUT2D eigenvalue weighted by Gasteiger charge is 2.51. The third-order valence-electron chi connectivity index (χ3n) is 13.2. The lowest BCUT2D eigenvalue weighted by Gasteiger charge is -2.46. The summed E-state index contributed by atoms with van der Waals surface area (Å²) in [4.78, 5) is 13.2. The predicted octanol–water partition coefficient (Wildman–Crippen LogP) is 8.22. The van der Waals surface area contributed by atoms with Gasteiger partial charge in [-0.05, 0) is 57.8 Å². The molecule has 0 bridgehead atoms. The number of nitrogens with one attached hydrogen (secondary N) is 1. The van der Waals surface area contributed by atoms with Crippen LogP contribution in [0.3, 0.4) is 0 Å². The fraction of sp³-hybridized carbons (Fsp3) is 0.804. The van der Waals surface area contributed by atoms with Gasteiger partial charge in [0.05, 0.1) is 32.0 Å². The van der Waals surface area contributed by atoms with E-state index in [0.717, 1.165) is 70.6 Å². The van der Waals surface area contributed by atoms with Gasteiger partial charge in [0.15, 0.2) is 12.6 Å². The van der Waals surface area contributed by atoms with Crippen molar-refractivity contribution in [2.45, 2.75) is 267 Å². The van der Waals surface area contributed by atoms with Gasteiger partial charge in [-0.3, -0.25) is 4.79 Å². The molecule has 2 fully saturated rings. The molecule has 2 heterocycles. The van der Waals surface area contributed by atoms with Gasteiger partial charge in [-0.2, -0.15) is 0 Å². The normalized spacial score (nSPS) is 26.4. The largest absolute Gasteiger partial charge is 0.394 e. The van der Waals surface area contributed by atoms with E-state index in [0.29, 0.717) is 6.42 Å². The molecule has 2 saturated heterocycles. The van der Waals surface area contributed by atoms with Crippen molar-refractivity contribution < 1.29 is 64.6 Å². The molecule has 9 N–H and O–H groups in total. The summed E-state index contributed by atoms with van der Waals surface area (Å²) in [6.07, 6.45) is 35.4. The van der Waals surface area contributed by atoms with E-state index >= 15 is 0 Å². The van der Waals surface area contributed by atoms with Crippen LogP contribution in [0.4, 0.5) is 0 Å². The number of hydrogen-bond donors (Lipinski definition) is 9. The standard InChI is InChI=1S/C56H99NO13/c1-3-5-7-9-11-13-15-17-19-21-22-24-25-27-29-31-33-35-37-39-45(60)44(57-48(61)40-38-36-34-32-30-28-26-23-20-18-16-14-12-10-8-6-4-2)43-67-55-53(66)51(64)54(47(42-59)69-55)70-56-52(65)50(63)49(62)46(41-58)68-56/h6,8,12,14,18,20,26,28,37,39,44-47,49-56,58-60,62-66H,3-5,7,9-11,13,15-17,19,21-25,27,29-36,38,40-43H2,1-2H3,(H,57,61)/b8-6-,14-12-,20-18-,28-26-,39-37+. The van der Waals surface area contributed by atoms with Crippen LogP contribution in [0.5, 0.6) is 0 Å². The minimum Gasteiger partial charge on any atom is -0.394 e. The van der Waals surface area contributed by atoms with Gasteiger partial charge in [0.2, 0.25) is 5.91 Å². The summed E-state index contributed by atoms with van der Waals surface area (Å²) in [5, 5.41) is 86.9. The quantitative estimate of drug-likeness (QED) is 0.0208. The van der Waals surface area contributed by atoms with Crippen LogP contribution in [0.1, 0.15) is 194 Å². The summed E-state index contributed by atoms with van der Waals surface area (Å²) < 4.78 is 22.7. The zero-order valence-corrected chi connectivity index (χ0v) is 43.2. The summed E-state index contributed by atoms with van der Waals surface area (Å²) in [6.45, 7) is 2.66. The molecular weight excluding hydrogens is 895 g/mol. The van der Waals surface area contributed by atoms with Gasteiger partial charge in [0.1, 0.15) is 48.8 Å². The molecule has 70 heavy (non-hydrogen) atoms. The van der Waals surface area contributed by atoms with E-state index in [1.807, 2.05) is 6.08 Å². The van der Waals surface area contributed by atoms with E-state index in [9.17, 15) is 45.6 Å². The second kappa shape index (κ2) is 42.1. The monoisotopic (exact) mass is 994 g/mol. The number of unbranched alkanes of at least 4 members (excludes halogenated alkanes) is 21. The second-order valence-corrected chi connectivity index (χ2v) is 19.3. The van der Waals surface area contributed by atoms with E-state index < -0.39 is 86.8 Å². The van der Waals surface area contributed by atoms with E-state index in [1.165, 1.54) is 96.3 Å². The van der Waals surface area contributed by atoms with Crippen LogP contribution in [0, 0.1) is 0 Å². The zero-order valence-electron chi connectivity index (χ0n) is 43.2. The van der Waals surface area contributed by atoms with Gasteiger partial charge >= 0.3 is 0 Å². The Morgan fingerprint density at radius 2 is 0.986 bits per heavy atom. The summed E-state index contributed by atoms with van der Waals surface area (Å²) in [7, 11) is 0. The van der Waals surface area contributed by atoms with Crippen LogP contribution in [0.25, 0.3) is 0 Å². The maximum Gasteiger partial charge on any atom is 0.220 e. The Bertz CT molecular complexity index is 1410. The highest BCUT2D eigenvalue weighted by molar-refractivity contribution is 5.76. The molecule has 2 rings (SSSR count). The lowest BCUT2D eigenvalue weighted by atomic mass is 9.97. The fourth-order valence-corrected chi connectivity index (χ4v) is 8.75. The number of amides is 1. The van der Waals surface area contributed by atoms with Crippen LogP contribution in [0.2, 0.25) is 0 Å². The van der Waals surface area contributed by atoms with Gasteiger partial charge in [0.25, 0.3) is 0 Å². The van der Waals surface area contributed by atoms with Gasteiger partial charge in [-0.15, -0.1) is 0 Å². The molecule has 0 aromatic heterocycles. The summed E-state index contributed by atoms with van der Waals surface area (Å²) in [6, 6.07) is -0.930. The Morgan fingerprint density at radius 1 is 0.529 bits per heavy atom. The summed E-state index contributed by atoms with van der Waals surface area (Å²) >= 11 is 0. The van der Waals surface area contributed by atoms with Crippen LogP contribution >= 0.6 is 0 Å². The topological polar surface area (TPSA) is 228 Å². The maximum atomic E-state index is 13.2. The Hall–Kier alpha value is -2.31. The molecule has 0 aliphatic carbocycles. The molecule has 0 spiro atoms. The van der Waals surface area contributed by atoms with Gasteiger partial charge in [0, 0.05) is 6.42 Å². The van der Waals surface area contributed by atoms with Crippen LogP contribution in [-0.2, 0) is 23.7 Å². The minimum atomic E-state index is -1.79. The van der Waals surface area contributed by atoms with Crippen molar-refractivity contribution >= 4 is 5.91 Å². The first-order chi connectivity index (χ1) is 34.1. The third kappa shape index (κ3) is 28.2. The molecule has 2 aliphatic heterocycles. The lowest BCUT2D eigenvalue weighted by Crippen LogP contribution is -2.65. The molecule has 406 valence electrons. The molecule has 0 saturated carbocycles. The summed E-state index contributed by atoms with van der Waals surface area (Å²) in [5.41, 5.74) is 0. The van der Waals surface area contributed by atoms with Crippen LogP contribution < -0.4 is 5.32 Å². The van der Waals surface area contributed by atoms with Crippen molar-refractivity contribution in [3.63, 3.8) is 0 Å². The van der Waals surface area contributed by atoms with Crippen LogP contribution in [0.15, 0.2) is 60.8 Å². The number of carbonyl (C=O) groups excluding carboxylic acids is 1. The molecule has 2 aliphatic rings. The van der Waals surface area contributed by atoms with E-state index in [-0.39, 0.29) is 18.9 Å². The lowest BCUT2D eigenvalue weighted by molar-refractivity contribution is -0.359. The number of carbonyl (C=O) groups is 1. The molecule has 1 amide bonds. The molecule has 0 aromatic carbocycles. The molecule has 12 unspecified atom stereocenters. The van der Waals surface area contributed by atoms with Gasteiger partial charge < -0.3 is 65.1 Å². The SMILES string of the molecule is CC/C=C\C/C=C\C/C=C\C/C=C\CCCCCCC(=O)NC(COC1OC(CO)C(OC2OC(CO)C(O)C(O)C2O)C(O)C1O)C(O)/C=C/CCCCCCCCCCCCCCCCCCC. The Kier molecular flexibility index (Phi) is 38.4. The van der Waals surface area contributed by atoms with E-state index in [2.05, 4.69) is 67.8 Å². The predicted molar refractivity (Wildman–Crippen MR) is 277 cm³/mol. The maximum absolute atomic E-state index is 13.2. The van der Waals surface area contributed by atoms with Crippen molar-refractivity contribution in [2.24, 2.45) is 0 Å². The Labute approximate surface area is 422 Å². The third-order valence-corrected chi connectivity index (χ3v) is 13.2. The van der Waals surface area contributed by atoms with Crippen molar-refractivity contribution in [3.8, 4) is 0 Å². The van der Waals surface area contributed by atoms with Crippen molar-refractivity contribution in [1.29, 1.82) is 0 Å². The number of ether oxygens (including phenoxy) is 4. The molecule has 0 aromatic rings. The summed E-state index contributed by atoms with van der Waals surface area (Å²) in [5.74, 6) is -0.264. The first-order valence-corrected chi connectivity index (χ1v) is 27.5. The van der Waals surface area contributed by atoms with Crippen LogP contribution in [-0.4, -0.2) is 140 Å². The Morgan fingerprint density at radius 3 is 1.51 bits per heavy atom. The molecule has 14 nitrogen and oxygen atoms in total. The highest BCUT2D eigenvalue weighted by Crippen LogP contribution is 2.30. The van der Waals surface area contributed by atoms with E-state index in [4.69, 9.17) is 18.9 Å².